The second-order valence-corrected chi connectivity index (χ2v) is 25.3. The molecule has 0 unspecified atom stereocenters. The monoisotopic (exact) mass is 1300 g/mol. The van der Waals surface area contributed by atoms with Crippen LogP contribution in [0.4, 0.5) is 30.7 Å². The second-order valence-electron chi connectivity index (χ2n) is 25.3. The first-order valence-corrected chi connectivity index (χ1v) is 31.3. The van der Waals surface area contributed by atoms with Gasteiger partial charge in [0.2, 0.25) is 29.0 Å². The van der Waals surface area contributed by atoms with Crippen molar-refractivity contribution in [1.29, 1.82) is 0 Å². The summed E-state index contributed by atoms with van der Waals surface area (Å²) in [5.74, 6) is -9.27. The number of rotatable bonds is 4. The number of alkyl halides is 6. The van der Waals surface area contributed by atoms with Gasteiger partial charge in [-0.2, -0.15) is 30.9 Å². The van der Waals surface area contributed by atoms with Gasteiger partial charge in [0, 0.05) is 119 Å². The fraction of sp³-hybridized carbons (Fsp3) is 0.200. The third-order valence-corrected chi connectivity index (χ3v) is 18.9. The van der Waals surface area contributed by atoms with E-state index in [4.69, 9.17) is 16.4 Å². The smallest absolute Gasteiger partial charge is 0.201 e. The van der Waals surface area contributed by atoms with E-state index in [1.54, 1.807) is 115 Å². The number of aryl methyl sites for hydroxylation is 11. The molecule has 8 aromatic carbocycles. The highest BCUT2D eigenvalue weighted by Crippen LogP contribution is 2.56. The average Bonchev–Trinajstić information content (AvgIpc) is 1.50. The van der Waals surface area contributed by atoms with Crippen LogP contribution in [0.25, 0.3) is 89.5 Å². The van der Waals surface area contributed by atoms with Gasteiger partial charge in [-0.1, -0.05) is 129 Å². The molecule has 480 valence electrons. The first kappa shape index (κ1) is 51.2. The normalized spacial score (nSPS) is 16.8. The zero-order chi connectivity index (χ0) is 78.2. The van der Waals surface area contributed by atoms with Crippen LogP contribution in [0.2, 0.25) is 0 Å². The van der Waals surface area contributed by atoms with E-state index in [1.165, 1.54) is 67.0 Å². The van der Waals surface area contributed by atoms with Crippen LogP contribution < -0.4 is 18.3 Å². The molecule has 0 saturated heterocycles. The average molecular weight is 1300 g/mol. The van der Waals surface area contributed by atoms with Crippen molar-refractivity contribution in [3.63, 3.8) is 0 Å². The van der Waals surface area contributed by atoms with E-state index in [2.05, 4.69) is 0 Å². The van der Waals surface area contributed by atoms with Crippen molar-refractivity contribution in [1.82, 2.24) is 0 Å². The summed E-state index contributed by atoms with van der Waals surface area (Å²) < 4.78 is 208. The van der Waals surface area contributed by atoms with Gasteiger partial charge in [-0.3, -0.25) is 0 Å². The van der Waals surface area contributed by atoms with E-state index in [0.717, 1.165) is 44.8 Å². The molecule has 4 aliphatic carbocycles. The van der Waals surface area contributed by atoms with Gasteiger partial charge in [-0.15, -0.1) is 0 Å². The van der Waals surface area contributed by atoms with E-state index >= 15 is 0 Å². The van der Waals surface area contributed by atoms with Crippen molar-refractivity contribution >= 4 is 0 Å². The van der Waals surface area contributed by atoms with Crippen molar-refractivity contribution in [2.75, 3.05) is 0 Å². The standard InChI is InChI=1S/C24H26N.C21H18F2N.C20H15F3N.C20H16F2N/c1-15-10-11-22(25(6)14-15)19-13-21-20(12-17(19)3)18-9-7-8-16(2)23(18)24(21,4)5;1-13-8-9-20(24(3)12-13)16-11-19-17(10-14(16)2)15-6-4-5-7-18(15)21(19,22)23;1-12-9-16-14-5-3-4-6-17(14)20(22,23)18(16)10-15(12)19-8-7-13(21)11-24(19)2;1-13-11-16-14-7-3-4-8-17(14)20(21,22)18(16)12-15(13)19-9-5-6-10-23(19)2/h7-14H,1-6H3;4-12H,1-3H3;3-11H,1-2H3;3-12H,1-2H3/q4*+1/i1D3,2D3,4D3,5D3;;;. The molecule has 4 heterocycles. The Morgan fingerprint density at radius 2 is 0.677 bits per heavy atom. The maximum absolute atomic E-state index is 14.9. The summed E-state index contributed by atoms with van der Waals surface area (Å²) in [6.45, 7) is -1.68. The van der Waals surface area contributed by atoms with Gasteiger partial charge in [0.15, 0.2) is 24.4 Å². The number of pyridine rings is 4. The third-order valence-electron chi connectivity index (χ3n) is 18.9. The Kier molecular flexibility index (Phi) is 12.8. The summed E-state index contributed by atoms with van der Waals surface area (Å²) in [6, 6.07) is 53.9. The Bertz CT molecular complexity index is 5490. The van der Waals surface area contributed by atoms with Gasteiger partial charge >= 0.3 is 0 Å². The minimum atomic E-state index is -3.13. The molecular weight excluding hydrogens is 1210 g/mol. The van der Waals surface area contributed by atoms with Crippen LogP contribution in [-0.4, -0.2) is 0 Å². The van der Waals surface area contributed by atoms with E-state index < -0.39 is 50.6 Å². The molecule has 0 bridgehead atoms. The highest BCUT2D eigenvalue weighted by Gasteiger charge is 2.48. The van der Waals surface area contributed by atoms with Crippen LogP contribution in [0.3, 0.4) is 0 Å². The Hall–Kier alpha value is -10.1. The third kappa shape index (κ3) is 10.8. The molecule has 96 heavy (non-hydrogen) atoms. The number of hydrogen-bond donors (Lipinski definition) is 0. The SMILES string of the molecule is Cc1cc2c(cc1-c1ccc(F)c[n+]1C)C(F)(F)c1ccccc1-2.Cc1cc2c(cc1-c1cccc[n+]1C)C(F)(F)c1ccccc1-2.Cc1ccc(-c2cc3c(cc2C)-c2ccccc2C3(F)F)[n+](C)c1.[2H]C([2H])([2H])c1ccc(-c2cc3c(cc2C)-c2cccc(C([2H])([2H])[2H])c2C3(C([2H])([2H])[2H])C([2H])([2H])[2H])[n+](C)c1. The zero-order valence-electron chi connectivity index (χ0n) is 66.2. The number of halogens is 7. The molecule has 0 spiro atoms. The second kappa shape index (κ2) is 24.0. The van der Waals surface area contributed by atoms with E-state index in [-0.39, 0.29) is 67.0 Å². The molecule has 0 radical (unpaired) electrons. The van der Waals surface area contributed by atoms with Crippen LogP contribution in [-0.2, 0) is 51.4 Å². The summed E-state index contributed by atoms with van der Waals surface area (Å²) in [7, 11) is 7.23. The molecule has 0 fully saturated rings. The first-order valence-electron chi connectivity index (χ1n) is 37.3. The predicted octanol–water partition coefficient (Wildman–Crippen LogP) is 19.7. The zero-order valence-corrected chi connectivity index (χ0v) is 54.2. The minimum Gasteiger partial charge on any atom is -0.201 e. The number of benzene rings is 8. The summed E-state index contributed by atoms with van der Waals surface area (Å²) in [5, 5.41) is 0. The van der Waals surface area contributed by atoms with Gasteiger partial charge in [0.25, 0.3) is 17.8 Å². The quantitative estimate of drug-likeness (QED) is 0.123. The Labute approximate surface area is 574 Å². The molecule has 16 rings (SSSR count). The molecule has 0 aliphatic heterocycles. The highest BCUT2D eigenvalue weighted by molar-refractivity contribution is 5.88. The molecular formula is C85H75F7N4+4. The largest absolute Gasteiger partial charge is 0.299 e. The molecule has 12 aromatic rings. The highest BCUT2D eigenvalue weighted by atomic mass is 19.3. The predicted molar refractivity (Wildman–Crippen MR) is 368 cm³/mol. The van der Waals surface area contributed by atoms with Gasteiger partial charge in [-0.05, 0) is 180 Å². The van der Waals surface area contributed by atoms with Crippen LogP contribution in [0, 0.1) is 54.1 Å². The fourth-order valence-electron chi connectivity index (χ4n) is 14.2. The van der Waals surface area contributed by atoms with Crippen LogP contribution in [0.1, 0.15) is 114 Å². The molecule has 0 atom stereocenters. The topological polar surface area (TPSA) is 15.5 Å². The number of fused-ring (bicyclic) bond motifs is 12. The summed E-state index contributed by atoms with van der Waals surface area (Å²) in [5.41, 5.74) is 12.5. The molecule has 0 saturated carbocycles. The van der Waals surface area contributed by atoms with Crippen molar-refractivity contribution in [2.45, 2.75) is 85.2 Å². The number of hydrogen-bond acceptors (Lipinski definition) is 0. The lowest BCUT2D eigenvalue weighted by molar-refractivity contribution is -0.662. The van der Waals surface area contributed by atoms with Crippen LogP contribution in [0.5, 0.6) is 0 Å². The lowest BCUT2D eigenvalue weighted by Gasteiger charge is -2.24. The molecule has 4 aliphatic rings. The van der Waals surface area contributed by atoms with Crippen LogP contribution >= 0.6 is 0 Å². The molecule has 0 amide bonds. The van der Waals surface area contributed by atoms with Gasteiger partial charge in [-0.25, -0.2) is 18.1 Å². The lowest BCUT2D eigenvalue weighted by atomic mass is 9.79. The van der Waals surface area contributed by atoms with Gasteiger partial charge in [0.1, 0.15) is 28.2 Å². The van der Waals surface area contributed by atoms with Crippen molar-refractivity contribution < 1.29 is 65.5 Å². The minimum absolute atomic E-state index is 0.000280. The van der Waals surface area contributed by atoms with Gasteiger partial charge in [0.05, 0.1) is 0 Å². The summed E-state index contributed by atoms with van der Waals surface area (Å²) >= 11 is 0. The fourth-order valence-corrected chi connectivity index (χ4v) is 14.2. The summed E-state index contributed by atoms with van der Waals surface area (Å²) in [4.78, 5) is 0. The maximum Gasteiger partial charge on any atom is 0.299 e. The van der Waals surface area contributed by atoms with E-state index in [1.807, 2.05) is 118 Å². The van der Waals surface area contributed by atoms with E-state index in [0.29, 0.717) is 67.0 Å². The van der Waals surface area contributed by atoms with Crippen molar-refractivity contribution in [3.05, 3.63) is 308 Å². The molecule has 0 N–H and O–H groups in total. The van der Waals surface area contributed by atoms with Gasteiger partial charge < -0.3 is 0 Å². The number of aromatic nitrogens is 4. The molecule has 11 heteroatoms. The maximum atomic E-state index is 14.9. The van der Waals surface area contributed by atoms with E-state index in [9.17, 15) is 30.7 Å². The van der Waals surface area contributed by atoms with Crippen molar-refractivity contribution in [2.24, 2.45) is 28.2 Å². The van der Waals surface area contributed by atoms with Crippen molar-refractivity contribution in [3.8, 4) is 89.5 Å². The Morgan fingerprint density at radius 3 is 1.09 bits per heavy atom. The molecule has 4 nitrogen and oxygen atoms in total. The first-order chi connectivity index (χ1) is 50.5. The Balaban J connectivity index is 0.000000130. The number of nitrogens with zero attached hydrogens (tertiary/aromatic N) is 4. The summed E-state index contributed by atoms with van der Waals surface area (Å²) in [6.07, 6.45) is 6.73. The molecule has 4 aromatic heterocycles. The van der Waals surface area contributed by atoms with Crippen LogP contribution in [0.15, 0.2) is 219 Å². The Morgan fingerprint density at radius 1 is 0.302 bits per heavy atom. The lowest BCUT2D eigenvalue weighted by Crippen LogP contribution is -2.31.